The fraction of sp³-hybridized carbons (Fsp3) is 0.286. The molecule has 0 radical (unpaired) electrons. The van der Waals surface area contributed by atoms with Crippen LogP contribution in [0.5, 0.6) is 0 Å². The van der Waals surface area contributed by atoms with Gasteiger partial charge in [-0.25, -0.2) is 0 Å². The molecule has 2 aromatic rings. The molecule has 0 saturated heterocycles. The molecule has 0 amide bonds. The number of nitrogens with zero attached hydrogens (tertiary/aromatic N) is 2. The summed E-state index contributed by atoms with van der Waals surface area (Å²) in [5.74, 6) is 3.81. The topological polar surface area (TPSA) is 38.9 Å². The van der Waals surface area contributed by atoms with Crippen LogP contribution >= 0.6 is 0 Å². The number of aromatic nitrogens is 2. The summed E-state index contributed by atoms with van der Waals surface area (Å²) in [5, 5.41) is 3.99. The van der Waals surface area contributed by atoms with E-state index >= 15 is 0 Å². The predicted octanol–water partition coefficient (Wildman–Crippen LogP) is 2.86. The van der Waals surface area contributed by atoms with Crippen LogP contribution in [0.3, 0.4) is 0 Å². The number of hydrogen-bond acceptors (Lipinski definition) is 3. The zero-order valence-electron chi connectivity index (χ0n) is 9.81. The van der Waals surface area contributed by atoms with Crippen LogP contribution in [0.15, 0.2) is 28.8 Å². The quantitative estimate of drug-likeness (QED) is 0.752. The molecule has 0 atom stereocenters. The van der Waals surface area contributed by atoms with E-state index in [1.165, 1.54) is 5.56 Å². The molecule has 0 saturated carbocycles. The Kier molecular flexibility index (Phi) is 3.56. The van der Waals surface area contributed by atoms with Crippen LogP contribution in [0.1, 0.15) is 24.8 Å². The van der Waals surface area contributed by atoms with Crippen LogP contribution in [-0.4, -0.2) is 10.1 Å². The lowest BCUT2D eigenvalue weighted by Crippen LogP contribution is -1.89. The van der Waals surface area contributed by atoms with Gasteiger partial charge in [0.25, 0.3) is 0 Å². The average molecular weight is 226 g/mol. The first kappa shape index (κ1) is 11.4. The molecule has 0 aliphatic rings. The number of rotatable bonds is 4. The van der Waals surface area contributed by atoms with Crippen molar-refractivity contribution in [2.24, 2.45) is 0 Å². The Labute approximate surface area is 101 Å². The summed E-state index contributed by atoms with van der Waals surface area (Å²) in [6, 6.07) is 8.08. The van der Waals surface area contributed by atoms with E-state index in [0.717, 1.165) is 12.0 Å². The molecule has 1 aromatic heterocycles. The van der Waals surface area contributed by atoms with Gasteiger partial charge in [0, 0.05) is 18.4 Å². The summed E-state index contributed by atoms with van der Waals surface area (Å²) in [6.45, 7) is 2.11. The molecular formula is C14H14N2O. The zero-order valence-corrected chi connectivity index (χ0v) is 9.81. The summed E-state index contributed by atoms with van der Waals surface area (Å²) < 4.78 is 5.16. The van der Waals surface area contributed by atoms with E-state index in [9.17, 15) is 0 Å². The van der Waals surface area contributed by atoms with Crippen LogP contribution in [0, 0.1) is 12.3 Å². The van der Waals surface area contributed by atoms with E-state index in [-0.39, 0.29) is 0 Å². The van der Waals surface area contributed by atoms with Gasteiger partial charge in [-0.3, -0.25) is 0 Å². The summed E-state index contributed by atoms with van der Waals surface area (Å²) in [5.41, 5.74) is 2.25. The van der Waals surface area contributed by atoms with Crippen molar-refractivity contribution in [3.05, 3.63) is 35.7 Å². The molecule has 0 spiro atoms. The minimum Gasteiger partial charge on any atom is -0.339 e. The minimum absolute atomic E-state index is 0.601. The lowest BCUT2D eigenvalue weighted by Gasteiger charge is -2.01. The molecule has 86 valence electrons. The monoisotopic (exact) mass is 226 g/mol. The number of aryl methyl sites for hydroxylation is 2. The second kappa shape index (κ2) is 5.31. The Morgan fingerprint density at radius 2 is 2.18 bits per heavy atom. The first-order valence-electron chi connectivity index (χ1n) is 5.69. The number of terminal acetylenes is 1. The summed E-state index contributed by atoms with van der Waals surface area (Å²) in [7, 11) is 0. The molecule has 0 aliphatic carbocycles. The van der Waals surface area contributed by atoms with Crippen LogP contribution in [0.25, 0.3) is 11.4 Å². The maximum Gasteiger partial charge on any atom is 0.227 e. The zero-order chi connectivity index (χ0) is 12.1. The van der Waals surface area contributed by atoms with E-state index < -0.39 is 0 Å². The van der Waals surface area contributed by atoms with Gasteiger partial charge in [-0.2, -0.15) is 4.98 Å². The van der Waals surface area contributed by atoms with Gasteiger partial charge in [0.2, 0.25) is 11.7 Å². The second-order valence-electron chi connectivity index (χ2n) is 3.73. The van der Waals surface area contributed by atoms with Crippen LogP contribution in [0.2, 0.25) is 0 Å². The molecule has 3 nitrogen and oxygen atoms in total. The molecule has 17 heavy (non-hydrogen) atoms. The maximum atomic E-state index is 5.20. The first-order chi connectivity index (χ1) is 8.35. The molecule has 0 fully saturated rings. The third-order valence-corrected chi connectivity index (χ3v) is 2.59. The molecule has 1 aromatic carbocycles. The maximum absolute atomic E-state index is 5.20. The van der Waals surface area contributed by atoms with Crippen LogP contribution in [-0.2, 0) is 12.8 Å². The summed E-state index contributed by atoms with van der Waals surface area (Å²) >= 11 is 0. The van der Waals surface area contributed by atoms with Crippen molar-refractivity contribution in [3.63, 3.8) is 0 Å². The van der Waals surface area contributed by atoms with E-state index in [1.54, 1.807) is 0 Å². The van der Waals surface area contributed by atoms with Gasteiger partial charge >= 0.3 is 0 Å². The highest BCUT2D eigenvalue weighted by atomic mass is 16.5. The molecule has 0 bridgehead atoms. The Balaban J connectivity index is 2.28. The molecular weight excluding hydrogens is 212 g/mol. The molecule has 0 aliphatic heterocycles. The van der Waals surface area contributed by atoms with Crippen molar-refractivity contribution in [2.45, 2.75) is 26.2 Å². The average Bonchev–Trinajstić information content (AvgIpc) is 2.85. The van der Waals surface area contributed by atoms with E-state index in [4.69, 9.17) is 10.9 Å². The molecule has 0 N–H and O–H groups in total. The molecule has 3 heteroatoms. The van der Waals surface area contributed by atoms with E-state index in [2.05, 4.69) is 29.1 Å². The predicted molar refractivity (Wildman–Crippen MR) is 66.3 cm³/mol. The van der Waals surface area contributed by atoms with Gasteiger partial charge < -0.3 is 4.52 Å². The summed E-state index contributed by atoms with van der Waals surface area (Å²) in [4.78, 5) is 4.35. The van der Waals surface area contributed by atoms with Gasteiger partial charge in [-0.1, -0.05) is 36.3 Å². The number of hydrogen-bond donors (Lipinski definition) is 0. The van der Waals surface area contributed by atoms with Crippen molar-refractivity contribution >= 4 is 0 Å². The van der Waals surface area contributed by atoms with Gasteiger partial charge in [0.15, 0.2) is 0 Å². The Hall–Kier alpha value is -2.08. The first-order valence-corrected chi connectivity index (χ1v) is 5.69. The largest absolute Gasteiger partial charge is 0.339 e. The highest BCUT2D eigenvalue weighted by Gasteiger charge is 2.10. The van der Waals surface area contributed by atoms with Gasteiger partial charge in [-0.05, 0) is 12.0 Å². The highest BCUT2D eigenvalue weighted by molar-refractivity contribution is 5.59. The lowest BCUT2D eigenvalue weighted by molar-refractivity contribution is 0.380. The fourth-order valence-corrected chi connectivity index (χ4v) is 1.69. The van der Waals surface area contributed by atoms with Crippen molar-refractivity contribution in [2.75, 3.05) is 0 Å². The van der Waals surface area contributed by atoms with Gasteiger partial charge in [0.1, 0.15) is 0 Å². The molecule has 1 heterocycles. The van der Waals surface area contributed by atoms with Crippen LogP contribution < -0.4 is 0 Å². The normalized spacial score (nSPS) is 10.1. The molecule has 0 unspecified atom stereocenters. The Morgan fingerprint density at radius 1 is 1.35 bits per heavy atom. The second-order valence-corrected chi connectivity index (χ2v) is 3.73. The minimum atomic E-state index is 0.601. The Morgan fingerprint density at radius 3 is 2.94 bits per heavy atom. The number of benzene rings is 1. The van der Waals surface area contributed by atoms with Crippen molar-refractivity contribution in [1.82, 2.24) is 10.1 Å². The molecule has 2 rings (SSSR count). The third kappa shape index (κ3) is 2.54. The van der Waals surface area contributed by atoms with Crippen molar-refractivity contribution in [1.29, 1.82) is 0 Å². The van der Waals surface area contributed by atoms with Gasteiger partial charge in [0.05, 0.1) is 0 Å². The SMILES string of the molecule is C#CCCc1nc(-c2ccccc2CC)no1. The van der Waals surface area contributed by atoms with Crippen molar-refractivity contribution < 1.29 is 4.52 Å². The Bertz CT molecular complexity index is 537. The van der Waals surface area contributed by atoms with E-state index in [1.807, 2.05) is 18.2 Å². The van der Waals surface area contributed by atoms with Gasteiger partial charge in [-0.15, -0.1) is 12.3 Å². The van der Waals surface area contributed by atoms with Crippen LogP contribution in [0.4, 0.5) is 0 Å². The highest BCUT2D eigenvalue weighted by Crippen LogP contribution is 2.21. The summed E-state index contributed by atoms with van der Waals surface area (Å²) in [6.07, 6.45) is 7.41. The lowest BCUT2D eigenvalue weighted by atomic mass is 10.1. The van der Waals surface area contributed by atoms with E-state index in [0.29, 0.717) is 24.6 Å². The fourth-order valence-electron chi connectivity index (χ4n) is 1.69. The third-order valence-electron chi connectivity index (χ3n) is 2.59. The van der Waals surface area contributed by atoms with Crippen molar-refractivity contribution in [3.8, 4) is 23.7 Å². The smallest absolute Gasteiger partial charge is 0.227 e. The standard InChI is InChI=1S/C14H14N2O/c1-3-5-10-13-15-14(16-17-13)12-9-7-6-8-11(12)4-2/h1,6-9H,4-5,10H2,2H3.